The molecule has 172 valence electrons. The van der Waals surface area contributed by atoms with Crippen LogP contribution in [0.15, 0.2) is 4.99 Å². The van der Waals surface area contributed by atoms with Crippen molar-refractivity contribution in [3.05, 3.63) is 17.0 Å². The quantitative estimate of drug-likeness (QED) is 0.256. The number of nitrogens with zero attached hydrogens (tertiary/aromatic N) is 4. The summed E-state index contributed by atoms with van der Waals surface area (Å²) in [5.41, 5.74) is 3.72. The van der Waals surface area contributed by atoms with Gasteiger partial charge in [-0.2, -0.15) is 5.10 Å². The summed E-state index contributed by atoms with van der Waals surface area (Å²) in [7, 11) is 3.83. The molecule has 1 aliphatic heterocycles. The van der Waals surface area contributed by atoms with E-state index in [-0.39, 0.29) is 29.9 Å². The highest BCUT2D eigenvalue weighted by Gasteiger charge is 2.22. The van der Waals surface area contributed by atoms with Gasteiger partial charge in [0.05, 0.1) is 12.2 Å². The number of aromatic nitrogens is 2. The monoisotopic (exact) mass is 533 g/mol. The van der Waals surface area contributed by atoms with Crippen LogP contribution in [0.4, 0.5) is 0 Å². The Morgan fingerprint density at radius 2 is 1.87 bits per heavy atom. The van der Waals surface area contributed by atoms with Gasteiger partial charge in [-0.25, -0.2) is 0 Å². The van der Waals surface area contributed by atoms with Gasteiger partial charge < -0.3 is 16.0 Å². The van der Waals surface area contributed by atoms with Crippen LogP contribution in [0.5, 0.6) is 0 Å². The van der Waals surface area contributed by atoms with E-state index in [4.69, 9.17) is 0 Å². The van der Waals surface area contributed by atoms with Crippen molar-refractivity contribution >= 4 is 35.8 Å². The fourth-order valence-corrected chi connectivity index (χ4v) is 3.91. The van der Waals surface area contributed by atoms with E-state index < -0.39 is 0 Å². The Balaban J connectivity index is 0.00000450. The minimum absolute atomic E-state index is 0. The fraction of sp³-hybridized carbons (Fsp3) is 0.762. The smallest absolute Gasteiger partial charge is 0.234 e. The molecule has 0 saturated carbocycles. The highest BCUT2D eigenvalue weighted by atomic mass is 127. The molecule has 0 aliphatic carbocycles. The first-order valence-corrected chi connectivity index (χ1v) is 11.0. The molecule has 2 heterocycles. The molecule has 1 fully saturated rings. The predicted molar refractivity (Wildman–Crippen MR) is 133 cm³/mol. The molecule has 2 rings (SSSR count). The number of aliphatic imine (C=N–C) groups is 1. The number of aryl methyl sites for hydroxylation is 2. The zero-order chi connectivity index (χ0) is 21.2. The molecule has 3 N–H and O–H groups in total. The molecule has 0 radical (unpaired) electrons. The molecule has 0 bridgehead atoms. The van der Waals surface area contributed by atoms with Gasteiger partial charge in [-0.3, -0.25) is 19.4 Å². The first kappa shape index (κ1) is 26.7. The third-order valence-corrected chi connectivity index (χ3v) is 5.55. The first-order chi connectivity index (χ1) is 14.0. The van der Waals surface area contributed by atoms with Gasteiger partial charge in [0.2, 0.25) is 5.91 Å². The van der Waals surface area contributed by atoms with Crippen LogP contribution in [-0.4, -0.2) is 65.8 Å². The summed E-state index contributed by atoms with van der Waals surface area (Å²) < 4.78 is 2.00. The lowest BCUT2D eigenvalue weighted by atomic mass is 10.1. The van der Waals surface area contributed by atoms with Crippen LogP contribution in [0.1, 0.15) is 57.0 Å². The van der Waals surface area contributed by atoms with Gasteiger partial charge in [-0.05, 0) is 32.1 Å². The van der Waals surface area contributed by atoms with Gasteiger partial charge in [0.15, 0.2) is 5.96 Å². The van der Waals surface area contributed by atoms with Gasteiger partial charge in [-0.15, -0.1) is 24.0 Å². The van der Waals surface area contributed by atoms with Gasteiger partial charge in [0.25, 0.3) is 0 Å². The highest BCUT2D eigenvalue weighted by molar-refractivity contribution is 14.0. The average Bonchev–Trinajstić information content (AvgIpc) is 3.05. The number of likely N-dealkylation sites (tertiary alicyclic amines) is 1. The van der Waals surface area contributed by atoms with E-state index in [1.807, 2.05) is 18.8 Å². The number of carbonyl (C=O) groups is 1. The van der Waals surface area contributed by atoms with Gasteiger partial charge in [-0.1, -0.05) is 20.8 Å². The molecule has 30 heavy (non-hydrogen) atoms. The molecule has 1 saturated heterocycles. The van der Waals surface area contributed by atoms with E-state index in [0.717, 1.165) is 69.9 Å². The number of piperidine rings is 1. The van der Waals surface area contributed by atoms with Crippen LogP contribution in [0.25, 0.3) is 0 Å². The molecule has 0 aromatic carbocycles. The van der Waals surface area contributed by atoms with Gasteiger partial charge in [0, 0.05) is 57.6 Å². The second-order valence-electron chi connectivity index (χ2n) is 7.67. The number of nitrogens with one attached hydrogen (secondary N) is 3. The van der Waals surface area contributed by atoms with Crippen molar-refractivity contribution in [3.63, 3.8) is 0 Å². The van der Waals surface area contributed by atoms with Crippen LogP contribution < -0.4 is 16.0 Å². The molecule has 1 amide bonds. The van der Waals surface area contributed by atoms with Crippen molar-refractivity contribution in [2.45, 2.75) is 65.5 Å². The standard InChI is InChI=1S/C21H39N7O.HI/c1-6-11-23-20(29)15-28-12-9-16(10-13-28)25-21(22-4)24-14-17-18(7-2)26-27(5)19(17)8-3;/h16H,6-15H2,1-5H3,(H,23,29)(H2,22,24,25);1H. The van der Waals surface area contributed by atoms with Crippen molar-refractivity contribution in [3.8, 4) is 0 Å². The number of halogens is 1. The maximum Gasteiger partial charge on any atom is 0.234 e. The second kappa shape index (κ2) is 13.8. The maximum atomic E-state index is 11.9. The summed E-state index contributed by atoms with van der Waals surface area (Å²) in [6, 6.07) is 0.376. The van der Waals surface area contributed by atoms with Crippen LogP contribution in [-0.2, 0) is 31.2 Å². The van der Waals surface area contributed by atoms with E-state index in [0.29, 0.717) is 12.6 Å². The Morgan fingerprint density at radius 3 is 2.43 bits per heavy atom. The maximum absolute atomic E-state index is 11.9. The van der Waals surface area contributed by atoms with Crippen molar-refractivity contribution in [2.75, 3.05) is 33.2 Å². The number of hydrogen-bond donors (Lipinski definition) is 3. The van der Waals surface area contributed by atoms with Crippen LogP contribution in [0.3, 0.4) is 0 Å². The molecular formula is C21H40IN7O. The number of rotatable bonds is 9. The predicted octanol–water partition coefficient (Wildman–Crippen LogP) is 1.82. The summed E-state index contributed by atoms with van der Waals surface area (Å²) in [6.07, 6.45) is 4.89. The van der Waals surface area contributed by atoms with Gasteiger partial charge in [0.1, 0.15) is 0 Å². The highest BCUT2D eigenvalue weighted by Crippen LogP contribution is 2.15. The van der Waals surface area contributed by atoms with Crippen LogP contribution in [0.2, 0.25) is 0 Å². The molecule has 0 atom stereocenters. The third-order valence-electron chi connectivity index (χ3n) is 5.55. The Hall–Kier alpha value is -1.36. The summed E-state index contributed by atoms with van der Waals surface area (Å²) in [5, 5.41) is 14.6. The molecule has 0 unspecified atom stereocenters. The molecule has 8 nitrogen and oxygen atoms in total. The van der Waals surface area contributed by atoms with Crippen molar-refractivity contribution < 1.29 is 4.79 Å². The lowest BCUT2D eigenvalue weighted by molar-refractivity contribution is -0.122. The Bertz CT molecular complexity index is 681. The minimum Gasteiger partial charge on any atom is -0.355 e. The van der Waals surface area contributed by atoms with Crippen molar-refractivity contribution in [1.29, 1.82) is 0 Å². The Kier molecular flexibility index (Phi) is 12.3. The topological polar surface area (TPSA) is 86.6 Å². The van der Waals surface area contributed by atoms with E-state index >= 15 is 0 Å². The Labute approximate surface area is 198 Å². The average molecular weight is 534 g/mol. The largest absolute Gasteiger partial charge is 0.355 e. The van der Waals surface area contributed by atoms with E-state index in [1.165, 1.54) is 11.3 Å². The number of amides is 1. The summed E-state index contributed by atoms with van der Waals surface area (Å²) in [4.78, 5) is 18.5. The van der Waals surface area contributed by atoms with Crippen molar-refractivity contribution in [1.82, 2.24) is 30.6 Å². The Morgan fingerprint density at radius 1 is 1.17 bits per heavy atom. The fourth-order valence-electron chi connectivity index (χ4n) is 3.91. The first-order valence-electron chi connectivity index (χ1n) is 11.0. The molecule has 1 aromatic rings. The van der Waals surface area contributed by atoms with Crippen molar-refractivity contribution in [2.24, 2.45) is 12.0 Å². The SMILES string of the molecule is CCCNC(=O)CN1CCC(NC(=NC)NCc2c(CC)nn(C)c2CC)CC1.I. The van der Waals surface area contributed by atoms with E-state index in [9.17, 15) is 4.79 Å². The van der Waals surface area contributed by atoms with E-state index in [2.05, 4.69) is 51.7 Å². The molecule has 0 spiro atoms. The molecule has 1 aromatic heterocycles. The lowest BCUT2D eigenvalue weighted by Gasteiger charge is -2.32. The number of guanidine groups is 1. The van der Waals surface area contributed by atoms with Crippen LogP contribution in [0, 0.1) is 0 Å². The molecule has 9 heteroatoms. The normalized spacial score (nSPS) is 15.6. The number of hydrogen-bond acceptors (Lipinski definition) is 4. The zero-order valence-electron chi connectivity index (χ0n) is 19.3. The molecular weight excluding hydrogens is 493 g/mol. The summed E-state index contributed by atoms with van der Waals surface area (Å²) in [6.45, 7) is 10.2. The summed E-state index contributed by atoms with van der Waals surface area (Å²) >= 11 is 0. The number of carbonyl (C=O) groups excluding carboxylic acids is 1. The summed E-state index contributed by atoms with van der Waals surface area (Å²) in [5.74, 6) is 0.961. The second-order valence-corrected chi connectivity index (χ2v) is 7.67. The molecule has 1 aliphatic rings. The minimum atomic E-state index is 0. The van der Waals surface area contributed by atoms with Gasteiger partial charge >= 0.3 is 0 Å². The third kappa shape index (κ3) is 7.72. The zero-order valence-corrected chi connectivity index (χ0v) is 21.6. The van der Waals surface area contributed by atoms with Crippen LogP contribution >= 0.6 is 24.0 Å². The van der Waals surface area contributed by atoms with E-state index in [1.54, 1.807) is 0 Å². The lowest BCUT2D eigenvalue weighted by Crippen LogP contribution is -2.50.